The molecule has 7 nitrogen and oxygen atoms in total. The van der Waals surface area contributed by atoms with Gasteiger partial charge in [0.1, 0.15) is 29.7 Å². The zero-order valence-electron chi connectivity index (χ0n) is 18.3. The van der Waals surface area contributed by atoms with Crippen molar-refractivity contribution in [3.05, 3.63) is 21.4 Å². The van der Waals surface area contributed by atoms with E-state index in [1.807, 2.05) is 4.90 Å². The van der Waals surface area contributed by atoms with E-state index < -0.39 is 17.6 Å². The molecule has 0 bridgehead atoms. The maximum absolute atomic E-state index is 15.2. The van der Waals surface area contributed by atoms with Crippen LogP contribution in [0.2, 0.25) is 5.02 Å². The van der Waals surface area contributed by atoms with Gasteiger partial charge >= 0.3 is 6.01 Å². The third-order valence-corrected chi connectivity index (χ3v) is 8.07. The molecule has 1 unspecified atom stereocenters. The van der Waals surface area contributed by atoms with Crippen molar-refractivity contribution in [1.29, 1.82) is 0 Å². The van der Waals surface area contributed by atoms with E-state index in [4.69, 9.17) is 21.1 Å². The summed E-state index contributed by atoms with van der Waals surface area (Å²) in [6.07, 6.45) is 1.37. The lowest BCUT2D eigenvalue weighted by Crippen LogP contribution is -2.44. The number of aromatic nitrogens is 2. The van der Waals surface area contributed by atoms with Gasteiger partial charge in [-0.1, -0.05) is 11.6 Å². The summed E-state index contributed by atoms with van der Waals surface area (Å²) in [5.74, 6) is -0.209. The first-order chi connectivity index (χ1) is 15.7. The molecule has 3 fully saturated rings. The molecule has 3 atom stereocenters. The van der Waals surface area contributed by atoms with Gasteiger partial charge in [0.2, 0.25) is 0 Å². The SMILES string of the molecule is CC1(O)COCCN(c2nc(OC[C@@]34CCCN3C[C@H](F)C4)nc3c(F)c(Br)c(Cl)cc23)C1. The van der Waals surface area contributed by atoms with E-state index in [9.17, 15) is 9.50 Å². The van der Waals surface area contributed by atoms with E-state index in [1.165, 1.54) is 0 Å². The van der Waals surface area contributed by atoms with Crippen molar-refractivity contribution in [1.82, 2.24) is 14.9 Å². The minimum Gasteiger partial charge on any atom is -0.461 e. The van der Waals surface area contributed by atoms with Gasteiger partial charge in [0.15, 0.2) is 5.82 Å². The predicted molar refractivity (Wildman–Crippen MR) is 124 cm³/mol. The monoisotopic (exact) mass is 546 g/mol. The number of alkyl halides is 1. The number of halogens is 4. The fraction of sp³-hybridized carbons (Fsp3) is 0.636. The van der Waals surface area contributed by atoms with Crippen LogP contribution in [0.3, 0.4) is 0 Å². The van der Waals surface area contributed by atoms with Crippen LogP contribution < -0.4 is 9.64 Å². The summed E-state index contributed by atoms with van der Waals surface area (Å²) < 4.78 is 41.0. The quantitative estimate of drug-likeness (QED) is 0.585. The number of β-amino-alcohol motifs (C(OH)–C–C–N with tert-alkyl or cyclic N) is 1. The van der Waals surface area contributed by atoms with Crippen LogP contribution in [0.1, 0.15) is 26.2 Å². The zero-order valence-corrected chi connectivity index (χ0v) is 20.6. The average molecular weight is 548 g/mol. The Balaban J connectivity index is 1.54. The third-order valence-electron chi connectivity index (χ3n) is 6.77. The molecule has 33 heavy (non-hydrogen) atoms. The van der Waals surface area contributed by atoms with Gasteiger partial charge < -0.3 is 19.5 Å². The molecule has 1 aromatic heterocycles. The van der Waals surface area contributed by atoms with E-state index in [0.717, 1.165) is 19.4 Å². The Bertz CT molecular complexity index is 1080. The largest absolute Gasteiger partial charge is 0.461 e. The average Bonchev–Trinajstić information content (AvgIpc) is 3.21. The van der Waals surface area contributed by atoms with Crippen LogP contribution in [0.4, 0.5) is 14.6 Å². The summed E-state index contributed by atoms with van der Waals surface area (Å²) in [4.78, 5) is 12.9. The molecule has 3 saturated heterocycles. The fourth-order valence-corrected chi connectivity index (χ4v) is 5.77. The van der Waals surface area contributed by atoms with E-state index in [0.29, 0.717) is 37.3 Å². The highest BCUT2D eigenvalue weighted by molar-refractivity contribution is 9.10. The first kappa shape index (κ1) is 23.4. The summed E-state index contributed by atoms with van der Waals surface area (Å²) in [6, 6.07) is 1.62. The first-order valence-corrected chi connectivity index (χ1v) is 12.3. The van der Waals surface area contributed by atoms with Gasteiger partial charge in [-0.25, -0.2) is 8.78 Å². The van der Waals surface area contributed by atoms with Crippen molar-refractivity contribution in [2.45, 2.75) is 43.5 Å². The molecule has 4 heterocycles. The maximum Gasteiger partial charge on any atom is 0.319 e. The molecule has 1 aromatic carbocycles. The first-order valence-electron chi connectivity index (χ1n) is 11.1. The van der Waals surface area contributed by atoms with Crippen molar-refractivity contribution >= 4 is 44.3 Å². The smallest absolute Gasteiger partial charge is 0.319 e. The molecule has 180 valence electrons. The van der Waals surface area contributed by atoms with Crippen LogP contribution >= 0.6 is 27.5 Å². The molecule has 0 spiro atoms. The lowest BCUT2D eigenvalue weighted by molar-refractivity contribution is -0.0123. The second-order valence-electron chi connectivity index (χ2n) is 9.55. The minimum atomic E-state index is -1.12. The van der Waals surface area contributed by atoms with Crippen LogP contribution in [0.15, 0.2) is 10.5 Å². The summed E-state index contributed by atoms with van der Waals surface area (Å²) in [6.45, 7) is 4.40. The molecule has 0 saturated carbocycles. The lowest BCUT2D eigenvalue weighted by atomic mass is 9.95. The number of anilines is 1. The minimum absolute atomic E-state index is 0.0129. The maximum atomic E-state index is 15.2. The van der Waals surface area contributed by atoms with Crippen LogP contribution in [0.5, 0.6) is 6.01 Å². The number of benzene rings is 1. The van der Waals surface area contributed by atoms with Gasteiger partial charge in [-0.2, -0.15) is 9.97 Å². The van der Waals surface area contributed by atoms with Gasteiger partial charge in [-0.05, 0) is 48.3 Å². The fourth-order valence-electron chi connectivity index (χ4n) is 5.27. The van der Waals surface area contributed by atoms with Crippen LogP contribution in [-0.4, -0.2) is 83.3 Å². The molecule has 0 aliphatic carbocycles. The Labute approximate surface area is 204 Å². The van der Waals surface area contributed by atoms with Gasteiger partial charge in [0.05, 0.1) is 34.8 Å². The Kier molecular flexibility index (Phi) is 6.18. The third kappa shape index (κ3) is 4.40. The number of hydrogen-bond donors (Lipinski definition) is 1. The van der Waals surface area contributed by atoms with Crippen LogP contribution in [0, 0.1) is 5.82 Å². The number of ether oxygens (including phenoxy) is 2. The normalized spacial score (nSPS) is 30.6. The Hall–Kier alpha value is -1.33. The highest BCUT2D eigenvalue weighted by Gasteiger charge is 2.49. The van der Waals surface area contributed by atoms with Gasteiger partial charge in [0, 0.05) is 24.9 Å². The molecule has 3 aliphatic heterocycles. The second kappa shape index (κ2) is 8.71. The van der Waals surface area contributed by atoms with Gasteiger partial charge in [0.25, 0.3) is 0 Å². The van der Waals surface area contributed by atoms with Crippen molar-refractivity contribution in [2.75, 3.05) is 50.9 Å². The molecule has 11 heteroatoms. The molecule has 2 aromatic rings. The highest BCUT2D eigenvalue weighted by atomic mass is 79.9. The summed E-state index contributed by atoms with van der Waals surface area (Å²) in [5.41, 5.74) is -1.43. The van der Waals surface area contributed by atoms with E-state index in [1.54, 1.807) is 13.0 Å². The molecular formula is C22H26BrClF2N4O3. The van der Waals surface area contributed by atoms with Crippen LogP contribution in [-0.2, 0) is 4.74 Å². The molecule has 3 aliphatic rings. The topological polar surface area (TPSA) is 71.0 Å². The van der Waals surface area contributed by atoms with Crippen molar-refractivity contribution in [2.24, 2.45) is 0 Å². The number of nitrogens with zero attached hydrogens (tertiary/aromatic N) is 4. The van der Waals surface area contributed by atoms with Crippen molar-refractivity contribution in [3.63, 3.8) is 0 Å². The number of aliphatic hydroxyl groups is 1. The molecule has 0 amide bonds. The Morgan fingerprint density at radius 1 is 1.39 bits per heavy atom. The zero-order chi connectivity index (χ0) is 23.4. The van der Waals surface area contributed by atoms with Crippen molar-refractivity contribution in [3.8, 4) is 6.01 Å². The van der Waals surface area contributed by atoms with Crippen LogP contribution in [0.25, 0.3) is 10.9 Å². The predicted octanol–water partition coefficient (Wildman–Crippen LogP) is 3.73. The number of hydrogen-bond acceptors (Lipinski definition) is 7. The van der Waals surface area contributed by atoms with E-state index >= 15 is 4.39 Å². The second-order valence-corrected chi connectivity index (χ2v) is 10.7. The summed E-state index contributed by atoms with van der Waals surface area (Å²) in [7, 11) is 0. The van der Waals surface area contributed by atoms with Gasteiger partial charge in [-0.3, -0.25) is 4.90 Å². The van der Waals surface area contributed by atoms with Gasteiger partial charge in [-0.15, -0.1) is 0 Å². The molecule has 5 rings (SSSR count). The number of rotatable bonds is 4. The standard InChI is InChI=1S/C22H26BrClF2N4O3/c1-21(31)10-29(5-6-32-11-21)19-14-7-15(24)16(23)17(26)18(14)27-20(28-19)33-12-22-3-2-4-30(22)9-13(25)8-22/h7,13,31H,2-6,8-12H2,1H3/t13-,21?,22+/m1/s1. The lowest BCUT2D eigenvalue weighted by Gasteiger charge is -2.31. The molecule has 0 radical (unpaired) electrons. The summed E-state index contributed by atoms with van der Waals surface area (Å²) in [5, 5.41) is 11.3. The Morgan fingerprint density at radius 3 is 3.03 bits per heavy atom. The van der Waals surface area contributed by atoms with E-state index in [2.05, 4.69) is 30.8 Å². The summed E-state index contributed by atoms with van der Waals surface area (Å²) >= 11 is 9.43. The van der Waals surface area contributed by atoms with E-state index in [-0.39, 0.29) is 46.3 Å². The molecule has 1 N–H and O–H groups in total. The molecular weight excluding hydrogens is 522 g/mol. The number of fused-ring (bicyclic) bond motifs is 2. The highest BCUT2D eigenvalue weighted by Crippen LogP contribution is 2.41. The van der Waals surface area contributed by atoms with Crippen molar-refractivity contribution < 1.29 is 23.4 Å². The Morgan fingerprint density at radius 2 is 2.21 bits per heavy atom.